The van der Waals surface area contributed by atoms with E-state index in [1.165, 1.54) is 7.11 Å². The Balaban J connectivity index is 1.95. The summed E-state index contributed by atoms with van der Waals surface area (Å²) in [4.78, 5) is 39.4. The Bertz CT molecular complexity index is 1350. The molecule has 2 amide bonds. The highest BCUT2D eigenvalue weighted by atomic mass is 35.5. The lowest BCUT2D eigenvalue weighted by atomic mass is 9.79. The fourth-order valence-corrected chi connectivity index (χ4v) is 5.66. The quantitative estimate of drug-likeness (QED) is 0.263. The zero-order valence-corrected chi connectivity index (χ0v) is 27.7. The van der Waals surface area contributed by atoms with Crippen molar-refractivity contribution in [3.63, 3.8) is 0 Å². The van der Waals surface area contributed by atoms with Crippen LogP contribution in [0.1, 0.15) is 90.0 Å². The van der Waals surface area contributed by atoms with Crippen LogP contribution in [0.4, 0.5) is 0 Å². The van der Waals surface area contributed by atoms with Gasteiger partial charge in [-0.2, -0.15) is 0 Å². The Labute approximate surface area is 265 Å². The van der Waals surface area contributed by atoms with Gasteiger partial charge in [-0.25, -0.2) is 0 Å². The number of rotatable bonds is 11. The van der Waals surface area contributed by atoms with Gasteiger partial charge in [0, 0.05) is 48.5 Å². The van der Waals surface area contributed by atoms with E-state index in [-0.39, 0.29) is 42.4 Å². The number of carbonyl (C=O) groups is 3. The minimum absolute atomic E-state index is 0.0175. The average Bonchev–Trinajstić information content (AvgIpc) is 2.93. The second-order valence-electron chi connectivity index (χ2n) is 13.9. The molecule has 3 rings (SSSR count). The largest absolute Gasteiger partial charge is 0.504 e. The van der Waals surface area contributed by atoms with Crippen LogP contribution >= 0.6 is 11.6 Å². The van der Waals surface area contributed by atoms with E-state index in [9.17, 15) is 24.6 Å². The number of hydrogen-bond donors (Lipinski definition) is 3. The summed E-state index contributed by atoms with van der Waals surface area (Å²) in [6.07, 6.45) is 1.46. The zero-order chi connectivity index (χ0) is 32.8. The van der Waals surface area contributed by atoms with Crippen molar-refractivity contribution in [2.24, 2.45) is 16.7 Å². The summed E-state index contributed by atoms with van der Waals surface area (Å²) in [7, 11) is 1.50. The highest BCUT2D eigenvalue weighted by molar-refractivity contribution is 6.30. The molecular weight excluding hydrogens is 584 g/mol. The summed E-state index contributed by atoms with van der Waals surface area (Å²) in [5.41, 5.74) is 1.67. The summed E-state index contributed by atoms with van der Waals surface area (Å²) in [5.74, 6) is -1.09. The number of methoxy groups -OCH3 is 1. The Morgan fingerprint density at radius 1 is 1.09 bits per heavy atom. The number of para-hydroxylation sites is 1. The Morgan fingerprint density at radius 3 is 2.41 bits per heavy atom. The lowest BCUT2D eigenvalue weighted by Gasteiger charge is -2.35. The smallest absolute Gasteiger partial charge is 0.308 e. The molecule has 0 radical (unpaired) electrons. The van der Waals surface area contributed by atoms with Crippen molar-refractivity contribution in [1.82, 2.24) is 10.2 Å². The van der Waals surface area contributed by atoms with E-state index >= 15 is 0 Å². The van der Waals surface area contributed by atoms with Crippen LogP contribution in [0.3, 0.4) is 0 Å². The number of ether oxygens (including phenoxy) is 2. The molecule has 0 saturated carbocycles. The predicted octanol–water partition coefficient (Wildman–Crippen LogP) is 6.38. The number of phenolic OH excluding ortho intramolecular Hbond substituents is 1. The number of nitrogens with zero attached hydrogens (tertiary/aromatic N) is 1. The number of amides is 2. The van der Waals surface area contributed by atoms with Gasteiger partial charge in [-0.3, -0.25) is 14.4 Å². The minimum Gasteiger partial charge on any atom is -0.504 e. The Morgan fingerprint density at radius 2 is 1.80 bits per heavy atom. The Hall–Kier alpha value is -3.46. The van der Waals surface area contributed by atoms with Gasteiger partial charge < -0.3 is 29.9 Å². The predicted molar refractivity (Wildman–Crippen MR) is 170 cm³/mol. The van der Waals surface area contributed by atoms with E-state index < -0.39 is 23.3 Å². The van der Waals surface area contributed by atoms with Crippen LogP contribution in [-0.4, -0.2) is 59.7 Å². The van der Waals surface area contributed by atoms with E-state index in [2.05, 4.69) is 26.1 Å². The number of halogens is 1. The molecule has 9 nitrogen and oxygen atoms in total. The third-order valence-corrected chi connectivity index (χ3v) is 7.88. The highest BCUT2D eigenvalue weighted by Gasteiger charge is 2.34. The van der Waals surface area contributed by atoms with Gasteiger partial charge in [0.05, 0.1) is 25.7 Å². The molecule has 242 valence electrons. The van der Waals surface area contributed by atoms with Gasteiger partial charge in [-0.05, 0) is 47.4 Å². The number of benzene rings is 2. The molecule has 1 heterocycles. The topological polar surface area (TPSA) is 125 Å². The number of likely N-dealkylation sites (tertiary alicyclic amines) is 1. The summed E-state index contributed by atoms with van der Waals surface area (Å²) >= 11 is 6.63. The van der Waals surface area contributed by atoms with Gasteiger partial charge in [-0.1, -0.05) is 65.3 Å². The Kier molecular flexibility index (Phi) is 11.6. The molecule has 1 fully saturated rings. The van der Waals surface area contributed by atoms with Crippen LogP contribution in [0.15, 0.2) is 30.3 Å². The van der Waals surface area contributed by atoms with Crippen molar-refractivity contribution in [3.8, 4) is 17.2 Å². The molecule has 2 atom stereocenters. The maximum Gasteiger partial charge on any atom is 0.308 e. The standard InChI is InChI=1S/C34H47ClN2O7/c1-33(2,3)20-44-26-18-24(35)17-23(16-21-10-8-12-25(38)30(21)43-7)29(26)31(34(4,5)6)36-27(39)13-14-28(40)37-15-9-11-22(19-37)32(41)42/h8,10,12,17-18,22,31,38H,9,11,13-16,19-20H2,1-7H3,(H,36,39)(H,41,42)/t22-,31+/m0/s1. The van der Waals surface area contributed by atoms with E-state index in [1.54, 1.807) is 23.1 Å². The first-order chi connectivity index (χ1) is 20.5. The molecule has 2 aromatic rings. The van der Waals surface area contributed by atoms with Gasteiger partial charge in [-0.15, -0.1) is 0 Å². The molecule has 2 aromatic carbocycles. The molecular formula is C34H47ClN2O7. The summed E-state index contributed by atoms with van der Waals surface area (Å²) in [6.45, 7) is 13.3. The second kappa shape index (κ2) is 14.5. The van der Waals surface area contributed by atoms with Gasteiger partial charge >= 0.3 is 5.97 Å². The average molecular weight is 631 g/mol. The third-order valence-electron chi connectivity index (χ3n) is 7.66. The second-order valence-corrected chi connectivity index (χ2v) is 14.3. The van der Waals surface area contributed by atoms with Gasteiger partial charge in [0.15, 0.2) is 11.5 Å². The van der Waals surface area contributed by atoms with E-state index in [1.807, 2.05) is 32.9 Å². The summed E-state index contributed by atoms with van der Waals surface area (Å²) < 4.78 is 11.9. The van der Waals surface area contributed by atoms with Crippen molar-refractivity contribution in [3.05, 3.63) is 52.0 Å². The molecule has 10 heteroatoms. The number of hydrogen-bond acceptors (Lipinski definition) is 6. The minimum atomic E-state index is -0.903. The molecule has 1 aliphatic heterocycles. The molecule has 0 spiro atoms. The van der Waals surface area contributed by atoms with Crippen molar-refractivity contribution < 1.29 is 34.1 Å². The van der Waals surface area contributed by atoms with Crippen molar-refractivity contribution in [2.45, 2.75) is 79.7 Å². The number of piperidine rings is 1. The van der Waals surface area contributed by atoms with Crippen LogP contribution in [0.5, 0.6) is 17.2 Å². The number of nitrogens with one attached hydrogen (secondary N) is 1. The maximum atomic E-state index is 13.4. The molecule has 1 aliphatic rings. The molecule has 0 bridgehead atoms. The molecule has 0 aromatic heterocycles. The van der Waals surface area contributed by atoms with Crippen LogP contribution in [0, 0.1) is 16.7 Å². The van der Waals surface area contributed by atoms with Crippen molar-refractivity contribution in [1.29, 1.82) is 0 Å². The van der Waals surface area contributed by atoms with Gasteiger partial charge in [0.25, 0.3) is 0 Å². The highest BCUT2D eigenvalue weighted by Crippen LogP contribution is 2.43. The maximum absolute atomic E-state index is 13.4. The normalized spacial score (nSPS) is 16.3. The number of carbonyl (C=O) groups excluding carboxylic acids is 2. The van der Waals surface area contributed by atoms with Crippen LogP contribution < -0.4 is 14.8 Å². The number of aliphatic carboxylic acids is 1. The molecule has 44 heavy (non-hydrogen) atoms. The summed E-state index contributed by atoms with van der Waals surface area (Å²) in [6, 6.07) is 8.25. The van der Waals surface area contributed by atoms with Gasteiger partial charge in [0.2, 0.25) is 11.8 Å². The third kappa shape index (κ3) is 9.52. The fraction of sp³-hybridized carbons (Fsp3) is 0.559. The van der Waals surface area contributed by atoms with Crippen LogP contribution in [0.25, 0.3) is 0 Å². The first-order valence-electron chi connectivity index (χ1n) is 15.1. The van der Waals surface area contributed by atoms with Crippen LogP contribution in [0.2, 0.25) is 5.02 Å². The van der Waals surface area contributed by atoms with Gasteiger partial charge in [0.1, 0.15) is 5.75 Å². The summed E-state index contributed by atoms with van der Waals surface area (Å²) in [5, 5.41) is 23.5. The number of carboxylic acid groups (broad SMARTS) is 1. The lowest BCUT2D eigenvalue weighted by Crippen LogP contribution is -2.43. The first-order valence-corrected chi connectivity index (χ1v) is 15.5. The van der Waals surface area contributed by atoms with Crippen LogP contribution in [-0.2, 0) is 20.8 Å². The van der Waals surface area contributed by atoms with Crippen molar-refractivity contribution >= 4 is 29.4 Å². The lowest BCUT2D eigenvalue weighted by molar-refractivity contribution is -0.146. The molecule has 0 aliphatic carbocycles. The monoisotopic (exact) mass is 630 g/mol. The van der Waals surface area contributed by atoms with Crippen molar-refractivity contribution in [2.75, 3.05) is 26.8 Å². The SMILES string of the molecule is COc1c(O)cccc1Cc1cc(Cl)cc(OCC(C)(C)C)c1[C@@H](NC(=O)CCC(=O)N1CCC[C@H](C(=O)O)C1)C(C)(C)C. The van der Waals surface area contributed by atoms with E-state index in [0.717, 1.165) is 16.7 Å². The molecule has 1 saturated heterocycles. The van der Waals surface area contributed by atoms with E-state index in [4.69, 9.17) is 21.1 Å². The van der Waals surface area contributed by atoms with E-state index in [0.29, 0.717) is 48.9 Å². The number of phenols is 1. The number of aromatic hydroxyl groups is 1. The molecule has 0 unspecified atom stereocenters. The number of carboxylic acids is 1. The zero-order valence-electron chi connectivity index (χ0n) is 27.0. The molecule has 3 N–H and O–H groups in total. The first kappa shape index (κ1) is 35.0. The fourth-order valence-electron chi connectivity index (χ4n) is 5.42.